The third-order valence-corrected chi connectivity index (χ3v) is 4.79. The van der Waals surface area contributed by atoms with Crippen LogP contribution in [0.3, 0.4) is 0 Å². The summed E-state index contributed by atoms with van der Waals surface area (Å²) in [6.07, 6.45) is 1.08. The molecule has 1 heterocycles. The first-order valence-corrected chi connectivity index (χ1v) is 8.34. The number of benzene rings is 2. The molecule has 2 unspecified atom stereocenters. The third-order valence-electron chi connectivity index (χ3n) is 4.79. The fourth-order valence-corrected chi connectivity index (χ4v) is 3.59. The van der Waals surface area contributed by atoms with Crippen LogP contribution in [0, 0.1) is 18.7 Å². The van der Waals surface area contributed by atoms with Crippen LogP contribution in [0.1, 0.15) is 40.4 Å². The minimum absolute atomic E-state index is 0.0227. The normalized spacial score (nSPS) is 20.3. The Balaban J connectivity index is 2.05. The molecule has 3 rings (SSSR count). The zero-order chi connectivity index (χ0) is 18.0. The fourth-order valence-electron chi connectivity index (χ4n) is 3.59. The number of carbonyl (C=O) groups is 2. The summed E-state index contributed by atoms with van der Waals surface area (Å²) in [7, 11) is 0. The second-order valence-corrected chi connectivity index (χ2v) is 6.37. The predicted octanol–water partition coefficient (Wildman–Crippen LogP) is 3.81. The summed E-state index contributed by atoms with van der Waals surface area (Å²) in [6, 6.07) is 13.0. The molecular formula is C20H20FNO3. The molecule has 25 heavy (non-hydrogen) atoms. The minimum atomic E-state index is -0.934. The van der Waals surface area contributed by atoms with Crippen LogP contribution in [0.2, 0.25) is 0 Å². The van der Waals surface area contributed by atoms with Gasteiger partial charge in [0.1, 0.15) is 5.82 Å². The van der Waals surface area contributed by atoms with Crippen molar-refractivity contribution in [3.8, 4) is 0 Å². The Hall–Kier alpha value is -2.69. The van der Waals surface area contributed by atoms with Gasteiger partial charge in [0, 0.05) is 6.54 Å². The largest absolute Gasteiger partial charge is 0.481 e. The van der Waals surface area contributed by atoms with Gasteiger partial charge in [0.05, 0.1) is 17.5 Å². The highest BCUT2D eigenvalue weighted by Crippen LogP contribution is 2.37. The molecule has 1 fully saturated rings. The first-order valence-electron chi connectivity index (χ1n) is 8.34. The van der Waals surface area contributed by atoms with Crippen molar-refractivity contribution in [2.24, 2.45) is 5.92 Å². The highest BCUT2D eigenvalue weighted by Gasteiger charge is 2.40. The van der Waals surface area contributed by atoms with Crippen LogP contribution in [-0.2, 0) is 4.79 Å². The lowest BCUT2D eigenvalue weighted by atomic mass is 9.84. The van der Waals surface area contributed by atoms with Crippen molar-refractivity contribution in [2.45, 2.75) is 25.8 Å². The summed E-state index contributed by atoms with van der Waals surface area (Å²) in [4.78, 5) is 26.4. The summed E-state index contributed by atoms with van der Waals surface area (Å²) in [6.45, 7) is 2.10. The standard InChI is InChI=1S/C20H20FNO3/c1-13-7-5-11-16(21)17(13)19(23)22-12-6-10-15(20(24)25)18(22)14-8-3-2-4-9-14/h2-5,7-9,11,15,18H,6,10,12H2,1H3,(H,24,25). The lowest BCUT2D eigenvalue weighted by Crippen LogP contribution is -2.45. The number of nitrogens with zero attached hydrogens (tertiary/aromatic N) is 1. The molecule has 1 N–H and O–H groups in total. The Bertz CT molecular complexity index is 771. The molecule has 1 aliphatic heterocycles. The SMILES string of the molecule is Cc1cccc(F)c1C(=O)N1CCCC(C(=O)O)C1c1ccccc1. The number of halogens is 1. The van der Waals surface area contributed by atoms with Crippen molar-refractivity contribution >= 4 is 11.9 Å². The van der Waals surface area contributed by atoms with Crippen LogP contribution >= 0.6 is 0 Å². The van der Waals surface area contributed by atoms with Gasteiger partial charge in [-0.3, -0.25) is 9.59 Å². The van der Waals surface area contributed by atoms with Crippen molar-refractivity contribution < 1.29 is 19.1 Å². The van der Waals surface area contributed by atoms with Gasteiger partial charge in [0.15, 0.2) is 0 Å². The Morgan fingerprint density at radius 3 is 2.48 bits per heavy atom. The lowest BCUT2D eigenvalue weighted by molar-refractivity contribution is -0.145. The zero-order valence-electron chi connectivity index (χ0n) is 14.0. The van der Waals surface area contributed by atoms with Crippen molar-refractivity contribution in [3.05, 3.63) is 71.0 Å². The summed E-state index contributed by atoms with van der Waals surface area (Å²) >= 11 is 0. The van der Waals surface area contributed by atoms with Crippen LogP contribution < -0.4 is 0 Å². The van der Waals surface area contributed by atoms with E-state index in [1.54, 1.807) is 19.1 Å². The fraction of sp³-hybridized carbons (Fsp3) is 0.300. The molecule has 4 nitrogen and oxygen atoms in total. The molecule has 0 spiro atoms. The van der Waals surface area contributed by atoms with Gasteiger partial charge in [-0.25, -0.2) is 4.39 Å². The van der Waals surface area contributed by atoms with Gasteiger partial charge in [-0.05, 0) is 37.0 Å². The predicted molar refractivity (Wildman–Crippen MR) is 91.7 cm³/mol. The summed E-state index contributed by atoms with van der Waals surface area (Å²) in [5, 5.41) is 9.64. The number of carbonyl (C=O) groups excluding carboxylic acids is 1. The van der Waals surface area contributed by atoms with Gasteiger partial charge in [-0.2, -0.15) is 0 Å². The van der Waals surface area contributed by atoms with E-state index in [0.717, 1.165) is 5.56 Å². The molecule has 2 aromatic rings. The van der Waals surface area contributed by atoms with E-state index in [2.05, 4.69) is 0 Å². The maximum atomic E-state index is 14.3. The van der Waals surface area contributed by atoms with E-state index >= 15 is 0 Å². The molecule has 2 aromatic carbocycles. The van der Waals surface area contributed by atoms with Gasteiger partial charge >= 0.3 is 5.97 Å². The topological polar surface area (TPSA) is 57.6 Å². The van der Waals surface area contributed by atoms with Gasteiger partial charge in [-0.1, -0.05) is 42.5 Å². The molecule has 130 valence electrons. The Morgan fingerprint density at radius 1 is 1.12 bits per heavy atom. The van der Waals surface area contributed by atoms with Crippen LogP contribution in [0.4, 0.5) is 4.39 Å². The van der Waals surface area contributed by atoms with Gasteiger partial charge in [0.25, 0.3) is 5.91 Å². The molecule has 1 saturated heterocycles. The van der Waals surface area contributed by atoms with Crippen LogP contribution in [0.25, 0.3) is 0 Å². The van der Waals surface area contributed by atoms with Crippen molar-refractivity contribution in [1.29, 1.82) is 0 Å². The highest BCUT2D eigenvalue weighted by molar-refractivity contribution is 5.96. The van der Waals surface area contributed by atoms with E-state index in [-0.39, 0.29) is 5.56 Å². The van der Waals surface area contributed by atoms with E-state index < -0.39 is 29.7 Å². The number of carboxylic acids is 1. The van der Waals surface area contributed by atoms with Gasteiger partial charge in [0.2, 0.25) is 0 Å². The number of aryl methyl sites for hydroxylation is 1. The number of amides is 1. The van der Waals surface area contributed by atoms with Crippen LogP contribution in [-0.4, -0.2) is 28.4 Å². The molecule has 1 amide bonds. The van der Waals surface area contributed by atoms with E-state index in [1.807, 2.05) is 30.3 Å². The van der Waals surface area contributed by atoms with Crippen molar-refractivity contribution in [2.75, 3.05) is 6.54 Å². The second-order valence-electron chi connectivity index (χ2n) is 6.37. The maximum Gasteiger partial charge on any atom is 0.308 e. The van der Waals surface area contributed by atoms with Crippen molar-refractivity contribution in [1.82, 2.24) is 4.90 Å². The molecular weight excluding hydrogens is 321 g/mol. The van der Waals surface area contributed by atoms with Crippen molar-refractivity contribution in [3.63, 3.8) is 0 Å². The molecule has 1 aliphatic rings. The Kier molecular flexibility index (Phi) is 4.83. The van der Waals surface area contributed by atoms with E-state index in [9.17, 15) is 19.1 Å². The highest BCUT2D eigenvalue weighted by atomic mass is 19.1. The molecule has 0 aliphatic carbocycles. The van der Waals surface area contributed by atoms with Crippen LogP contribution in [0.15, 0.2) is 48.5 Å². The number of hydrogen-bond donors (Lipinski definition) is 1. The molecule has 5 heteroatoms. The van der Waals surface area contributed by atoms with E-state index in [4.69, 9.17) is 0 Å². The molecule has 0 aromatic heterocycles. The van der Waals surface area contributed by atoms with E-state index in [0.29, 0.717) is 24.9 Å². The monoisotopic (exact) mass is 341 g/mol. The molecule has 2 atom stereocenters. The number of carboxylic acid groups (broad SMARTS) is 1. The van der Waals surface area contributed by atoms with Gasteiger partial charge in [-0.15, -0.1) is 0 Å². The summed E-state index contributed by atoms with van der Waals surface area (Å²) < 4.78 is 14.3. The van der Waals surface area contributed by atoms with Gasteiger partial charge < -0.3 is 10.0 Å². The quantitative estimate of drug-likeness (QED) is 0.923. The molecule has 0 radical (unpaired) electrons. The smallest absolute Gasteiger partial charge is 0.308 e. The Morgan fingerprint density at radius 2 is 1.84 bits per heavy atom. The van der Waals surface area contributed by atoms with E-state index in [1.165, 1.54) is 11.0 Å². The number of piperidine rings is 1. The third kappa shape index (κ3) is 3.27. The minimum Gasteiger partial charge on any atom is -0.481 e. The maximum absolute atomic E-state index is 14.3. The lowest BCUT2D eigenvalue weighted by Gasteiger charge is -2.40. The summed E-state index contributed by atoms with van der Waals surface area (Å²) in [5.74, 6) is -2.66. The average Bonchev–Trinajstić information content (AvgIpc) is 2.61. The molecule has 0 bridgehead atoms. The summed E-state index contributed by atoms with van der Waals surface area (Å²) in [5.41, 5.74) is 1.33. The number of likely N-dealkylation sites (tertiary alicyclic amines) is 1. The Labute approximate surface area is 145 Å². The first kappa shape index (κ1) is 17.1. The molecule has 0 saturated carbocycles. The number of rotatable bonds is 3. The second kappa shape index (κ2) is 7.05. The van der Waals surface area contributed by atoms with Crippen LogP contribution in [0.5, 0.6) is 0 Å². The average molecular weight is 341 g/mol. The number of hydrogen-bond acceptors (Lipinski definition) is 2. The number of aliphatic carboxylic acids is 1. The zero-order valence-corrected chi connectivity index (χ0v) is 14.0. The first-order chi connectivity index (χ1) is 12.0.